The summed E-state index contributed by atoms with van der Waals surface area (Å²) in [5.74, 6) is 3.22. The molecule has 50 heavy (non-hydrogen) atoms. The Hall–Kier alpha value is -5.05. The van der Waals surface area contributed by atoms with E-state index in [4.69, 9.17) is 19.7 Å². The number of fused-ring (bicyclic) bond motifs is 1. The van der Waals surface area contributed by atoms with Gasteiger partial charge in [0.05, 0.1) is 29.7 Å². The van der Waals surface area contributed by atoms with E-state index in [0.29, 0.717) is 52.2 Å². The predicted molar refractivity (Wildman–Crippen MR) is 192 cm³/mol. The second-order valence-corrected chi connectivity index (χ2v) is 15.2. The number of hydrogen-bond acceptors (Lipinski definition) is 11. The molecule has 14 heteroatoms. The van der Waals surface area contributed by atoms with Crippen molar-refractivity contribution in [3.63, 3.8) is 0 Å². The molecule has 7 rings (SSSR count). The van der Waals surface area contributed by atoms with Crippen LogP contribution in [0.2, 0.25) is 0 Å². The monoisotopic (exact) mass is 715 g/mol. The highest BCUT2D eigenvalue weighted by molar-refractivity contribution is 7.88. The Bertz CT molecular complexity index is 2340. The first-order valence-electron chi connectivity index (χ1n) is 15.9. The summed E-state index contributed by atoms with van der Waals surface area (Å²) in [6.07, 6.45) is 5.42. The first-order valence-corrected chi connectivity index (χ1v) is 18.2. The molecule has 1 aliphatic carbocycles. The van der Waals surface area contributed by atoms with Crippen molar-refractivity contribution < 1.29 is 27.0 Å². The summed E-state index contributed by atoms with van der Waals surface area (Å²) < 4.78 is 52.8. The molecule has 0 bridgehead atoms. The summed E-state index contributed by atoms with van der Waals surface area (Å²) >= 11 is 1.02. The topological polar surface area (TPSA) is 173 Å². The predicted octanol–water partition coefficient (Wildman–Crippen LogP) is 7.20. The lowest BCUT2D eigenvalue weighted by atomic mass is 10.0. The zero-order valence-electron chi connectivity index (χ0n) is 28.3. The van der Waals surface area contributed by atoms with Crippen molar-refractivity contribution >= 4 is 38.2 Å². The first kappa shape index (κ1) is 34.8. The van der Waals surface area contributed by atoms with Gasteiger partial charge in [0.1, 0.15) is 23.0 Å². The minimum absolute atomic E-state index is 0.116. The van der Waals surface area contributed by atoms with Crippen LogP contribution in [0.5, 0.6) is 17.2 Å². The van der Waals surface area contributed by atoms with Crippen LogP contribution in [0.4, 0.5) is 5.82 Å². The van der Waals surface area contributed by atoms with Crippen molar-refractivity contribution in [3.8, 4) is 28.4 Å². The number of nitrogens with two attached hydrogens (primary N) is 1. The highest BCUT2D eigenvalue weighted by Crippen LogP contribution is 2.41. The number of pyridine rings is 3. The Morgan fingerprint density at radius 2 is 1.74 bits per heavy atom. The quantitative estimate of drug-likeness (QED) is 0.145. The lowest BCUT2D eigenvalue weighted by Crippen LogP contribution is -2.21. The molecule has 6 aromatic rings. The van der Waals surface area contributed by atoms with Gasteiger partial charge in [0.25, 0.3) is 5.56 Å². The van der Waals surface area contributed by atoms with Crippen molar-refractivity contribution in [1.82, 2.24) is 19.7 Å². The number of ether oxygens (including phenoxy) is 2. The van der Waals surface area contributed by atoms with Gasteiger partial charge < -0.3 is 24.3 Å². The number of benzene rings is 1. The average molecular weight is 716 g/mol. The number of hydrogen-bond donors (Lipinski definition) is 2. The third kappa shape index (κ3) is 7.72. The van der Waals surface area contributed by atoms with Gasteiger partial charge in [-0.3, -0.25) is 19.3 Å². The first-order chi connectivity index (χ1) is 23.8. The number of nitrogens with zero attached hydrogens (tertiary/aromatic N) is 4. The molecule has 5 aromatic heterocycles. The van der Waals surface area contributed by atoms with Crippen LogP contribution in [0.15, 0.2) is 74.5 Å². The molecule has 1 saturated carbocycles. The number of anilines is 1. The number of thiophene rings is 1. The zero-order chi connectivity index (χ0) is 35.7. The molecule has 0 atom stereocenters. The average Bonchev–Trinajstić information content (AvgIpc) is 3.74. The molecule has 0 radical (unpaired) electrons. The summed E-state index contributed by atoms with van der Waals surface area (Å²) in [5, 5.41) is 4.25. The molecule has 12 nitrogen and oxygen atoms in total. The molecule has 0 saturated heterocycles. The van der Waals surface area contributed by atoms with Crippen LogP contribution in [0.3, 0.4) is 0 Å². The van der Waals surface area contributed by atoms with E-state index in [1.807, 2.05) is 45.9 Å². The fourth-order valence-corrected chi connectivity index (χ4v) is 7.48. The molecule has 0 unspecified atom stereocenters. The molecule has 0 amide bonds. The smallest absolute Gasteiger partial charge is 0.304 e. The highest BCUT2D eigenvalue weighted by Gasteiger charge is 2.26. The molecule has 1 aromatic carbocycles. The molecular weight excluding hydrogens is 679 g/mol. The maximum atomic E-state index is 13.6. The van der Waals surface area contributed by atoms with Crippen LogP contribution in [-0.4, -0.2) is 39.3 Å². The normalized spacial score (nSPS) is 12.8. The summed E-state index contributed by atoms with van der Waals surface area (Å²) in [6.45, 7) is 10.0. The van der Waals surface area contributed by atoms with Gasteiger partial charge in [-0.05, 0) is 89.3 Å². The van der Waals surface area contributed by atoms with Gasteiger partial charge in [0.15, 0.2) is 10.0 Å². The maximum Gasteiger partial charge on any atom is 0.304 e. The van der Waals surface area contributed by atoms with E-state index in [9.17, 15) is 17.8 Å². The molecule has 260 valence electrons. The van der Waals surface area contributed by atoms with Crippen molar-refractivity contribution in [1.29, 1.82) is 0 Å². The van der Waals surface area contributed by atoms with Crippen molar-refractivity contribution in [2.45, 2.75) is 58.2 Å². The summed E-state index contributed by atoms with van der Waals surface area (Å²) in [4.78, 5) is 22.9. The highest BCUT2D eigenvalue weighted by atomic mass is 32.3. The number of nitrogen functional groups attached to an aromatic ring is 1. The van der Waals surface area contributed by atoms with Gasteiger partial charge in [-0.1, -0.05) is 17.3 Å². The summed E-state index contributed by atoms with van der Waals surface area (Å²) in [5.41, 5.74) is 9.98. The molecule has 5 heterocycles. The van der Waals surface area contributed by atoms with Gasteiger partial charge in [-0.2, -0.15) is 8.42 Å². The van der Waals surface area contributed by atoms with Crippen molar-refractivity contribution in [2.75, 3.05) is 12.3 Å². The fraction of sp³-hybridized carbons (Fsp3) is 0.278. The van der Waals surface area contributed by atoms with Crippen LogP contribution >= 0.6 is 11.3 Å². The van der Waals surface area contributed by atoms with Gasteiger partial charge in [0.2, 0.25) is 0 Å². The Kier molecular flexibility index (Phi) is 9.78. The van der Waals surface area contributed by atoms with Crippen LogP contribution in [0.1, 0.15) is 46.0 Å². The molecule has 1 fully saturated rings. The molecular formula is C36H37N5O7S2. The third-order valence-corrected chi connectivity index (χ3v) is 10.8. The van der Waals surface area contributed by atoms with E-state index >= 15 is 0 Å². The molecule has 3 N–H and O–H groups in total. The van der Waals surface area contributed by atoms with Crippen LogP contribution in [0, 0.1) is 40.5 Å². The van der Waals surface area contributed by atoms with Gasteiger partial charge in [-0.15, -0.1) is 11.3 Å². The molecule has 1 aliphatic rings. The Morgan fingerprint density at radius 3 is 2.36 bits per heavy atom. The lowest BCUT2D eigenvalue weighted by Gasteiger charge is -2.18. The minimum Gasteiger partial charge on any atom is -0.493 e. The Balaban J connectivity index is 0.000000477. The van der Waals surface area contributed by atoms with Crippen LogP contribution in [0.25, 0.3) is 22.0 Å². The number of aromatic nitrogens is 4. The fourth-order valence-electron chi connectivity index (χ4n) is 5.47. The number of aryl methyl sites for hydroxylation is 4. The van der Waals surface area contributed by atoms with E-state index in [2.05, 4.69) is 15.1 Å². The van der Waals surface area contributed by atoms with Gasteiger partial charge in [-0.25, -0.2) is 0 Å². The molecule has 0 spiro atoms. The molecule has 0 aliphatic heterocycles. The Labute approximate surface area is 293 Å². The minimum atomic E-state index is -4.42. The van der Waals surface area contributed by atoms with Crippen LogP contribution in [-0.2, 0) is 16.7 Å². The maximum absolute atomic E-state index is 13.6. The summed E-state index contributed by atoms with van der Waals surface area (Å²) in [6, 6.07) is 14.0. The number of rotatable bonds is 9. The Morgan fingerprint density at radius 1 is 1.00 bits per heavy atom. The van der Waals surface area contributed by atoms with E-state index in [1.165, 1.54) is 6.07 Å². The van der Waals surface area contributed by atoms with E-state index in [1.54, 1.807) is 48.1 Å². The SMILES string of the molecule is Cc1cc2c(c(Oc3ccncc3)cc(=O)n2Cc2ccc(-c3cc(C)sc3S(=O)(=O)O)c(OCC3CC3)c2)c(C)n1.Cc1onc(N)c1C. The van der Waals surface area contributed by atoms with Gasteiger partial charge >= 0.3 is 10.1 Å². The third-order valence-electron chi connectivity index (χ3n) is 8.34. The van der Waals surface area contributed by atoms with Gasteiger partial charge in [0, 0.05) is 45.7 Å². The van der Waals surface area contributed by atoms with Crippen LogP contribution < -0.4 is 20.8 Å². The largest absolute Gasteiger partial charge is 0.493 e. The van der Waals surface area contributed by atoms with Crippen molar-refractivity contribution in [3.05, 3.63) is 104 Å². The second-order valence-electron chi connectivity index (χ2n) is 12.3. The standard InChI is InChI=1S/C31H29N3O6S2.C5H8N2O/c1-18-12-26-30(20(3)33-18)28(40-23-8-10-32-11-9-23)15-29(35)34(26)16-22-6-7-24(27(14-22)39-17-21-4-5-21)25-13-19(2)41-31(25)42(36,37)38;1-3-4(2)8-7-5(3)6/h6-15,21H,4-5,16-17H2,1-3H3,(H,36,37,38);1-2H3,(H2,6,7). The van der Waals surface area contributed by atoms with E-state index in [-0.39, 0.29) is 16.3 Å². The summed E-state index contributed by atoms with van der Waals surface area (Å²) in [7, 11) is -4.42. The second kappa shape index (κ2) is 14.1. The van der Waals surface area contributed by atoms with E-state index < -0.39 is 10.1 Å². The van der Waals surface area contributed by atoms with Crippen molar-refractivity contribution in [2.24, 2.45) is 5.92 Å². The zero-order valence-corrected chi connectivity index (χ0v) is 29.9. The van der Waals surface area contributed by atoms with E-state index in [0.717, 1.165) is 62.7 Å². The lowest BCUT2D eigenvalue weighted by molar-refractivity contribution is 0.300.